The second-order valence-corrected chi connectivity index (χ2v) is 11.3. The Morgan fingerprint density at radius 2 is 1.39 bits per heavy atom. The molecule has 1 aromatic carbocycles. The molecule has 6 heteroatoms. The summed E-state index contributed by atoms with van der Waals surface area (Å²) in [5, 5.41) is 33.0. The van der Waals surface area contributed by atoms with E-state index in [1.165, 1.54) is 0 Å². The number of hydrogen-bond acceptors (Lipinski definition) is 6. The first-order valence-electron chi connectivity index (χ1n) is 13.7. The molecule has 0 bridgehead atoms. The van der Waals surface area contributed by atoms with Gasteiger partial charge in [-0.05, 0) is 74.0 Å². The molecule has 36 heavy (non-hydrogen) atoms. The van der Waals surface area contributed by atoms with Gasteiger partial charge in [0.25, 0.3) is 0 Å². The number of ketones is 1. The lowest BCUT2D eigenvalue weighted by atomic mass is 9.81. The summed E-state index contributed by atoms with van der Waals surface area (Å²) in [4.78, 5) is 11.9. The lowest BCUT2D eigenvalue weighted by molar-refractivity contribution is -0.122. The third-order valence-corrected chi connectivity index (χ3v) is 7.32. The molecule has 0 aliphatic rings. The van der Waals surface area contributed by atoms with Crippen molar-refractivity contribution >= 4 is 5.78 Å². The van der Waals surface area contributed by atoms with Crippen LogP contribution in [0, 0.1) is 29.6 Å². The number of hydrogen-bond donors (Lipinski definition) is 3. The number of aliphatic hydroxyl groups is 3. The summed E-state index contributed by atoms with van der Waals surface area (Å²) in [7, 11) is 3.13. The Bertz CT molecular complexity index is 742. The van der Waals surface area contributed by atoms with E-state index in [0.29, 0.717) is 53.9 Å². The van der Waals surface area contributed by atoms with E-state index >= 15 is 0 Å². The van der Waals surface area contributed by atoms with E-state index in [2.05, 4.69) is 27.7 Å². The van der Waals surface area contributed by atoms with Gasteiger partial charge in [-0.3, -0.25) is 4.79 Å². The highest BCUT2D eigenvalue weighted by Crippen LogP contribution is 2.36. The molecule has 1 aromatic rings. The molecular formula is C30H52O6. The van der Waals surface area contributed by atoms with Crippen LogP contribution in [0.5, 0.6) is 11.5 Å². The van der Waals surface area contributed by atoms with E-state index in [1.807, 2.05) is 13.8 Å². The summed E-state index contributed by atoms with van der Waals surface area (Å²) in [6, 6.07) is 5.28. The number of aliphatic hydroxyl groups excluding tert-OH is 3. The van der Waals surface area contributed by atoms with Gasteiger partial charge in [-0.2, -0.15) is 0 Å². The van der Waals surface area contributed by atoms with Crippen LogP contribution in [-0.2, 0) is 4.79 Å². The third kappa shape index (κ3) is 11.2. The van der Waals surface area contributed by atoms with Gasteiger partial charge in [0.05, 0.1) is 32.5 Å². The summed E-state index contributed by atoms with van der Waals surface area (Å²) in [5.74, 6) is 2.32. The van der Waals surface area contributed by atoms with Crippen LogP contribution in [0.1, 0.15) is 98.2 Å². The Labute approximate surface area is 219 Å². The van der Waals surface area contributed by atoms with Gasteiger partial charge in [0.2, 0.25) is 0 Å². The van der Waals surface area contributed by atoms with Crippen LogP contribution in [0.4, 0.5) is 0 Å². The topological polar surface area (TPSA) is 96.2 Å². The van der Waals surface area contributed by atoms with Crippen LogP contribution in [0.15, 0.2) is 18.2 Å². The number of Topliss-reactive ketones (excluding diaryl/α,β-unsaturated/α-hetero) is 1. The zero-order valence-corrected chi connectivity index (χ0v) is 23.9. The average molecular weight is 509 g/mol. The molecule has 0 unspecified atom stereocenters. The quantitative estimate of drug-likeness (QED) is 0.226. The van der Waals surface area contributed by atoms with Gasteiger partial charge in [0.15, 0.2) is 0 Å². The minimum atomic E-state index is -0.911. The minimum absolute atomic E-state index is 0.104. The van der Waals surface area contributed by atoms with E-state index in [1.54, 1.807) is 32.4 Å². The Morgan fingerprint density at radius 3 is 1.89 bits per heavy atom. The van der Waals surface area contributed by atoms with Crippen molar-refractivity contribution in [2.24, 2.45) is 29.6 Å². The second-order valence-electron chi connectivity index (χ2n) is 11.3. The summed E-state index contributed by atoms with van der Waals surface area (Å²) < 4.78 is 10.7. The molecule has 208 valence electrons. The van der Waals surface area contributed by atoms with Gasteiger partial charge < -0.3 is 24.8 Å². The van der Waals surface area contributed by atoms with Crippen molar-refractivity contribution in [3.05, 3.63) is 23.8 Å². The molecule has 0 fully saturated rings. The van der Waals surface area contributed by atoms with Crippen LogP contribution in [0.2, 0.25) is 0 Å². The molecule has 0 saturated heterocycles. The van der Waals surface area contributed by atoms with Crippen molar-refractivity contribution in [1.82, 2.24) is 0 Å². The highest BCUT2D eigenvalue weighted by Gasteiger charge is 2.31. The lowest BCUT2D eigenvalue weighted by Crippen LogP contribution is -2.31. The highest BCUT2D eigenvalue weighted by molar-refractivity contribution is 5.80. The number of carbonyl (C=O) groups excluding carboxylic acids is 1. The molecule has 6 nitrogen and oxygen atoms in total. The number of carbonyl (C=O) groups is 1. The average Bonchev–Trinajstić information content (AvgIpc) is 2.84. The van der Waals surface area contributed by atoms with Gasteiger partial charge in [-0.25, -0.2) is 0 Å². The molecule has 0 aliphatic carbocycles. The Morgan fingerprint density at radius 1 is 0.806 bits per heavy atom. The summed E-state index contributed by atoms with van der Waals surface area (Å²) in [5.41, 5.74) is 0.629. The SMILES string of the molecule is CCC(=O)[C@@H](C)C[C@@H](C)C[C@@H](C)CC[C@H](O)C[C@H](O)[C@H](CC(C)C)[C@H](O)c1cc(OC)cc(OC)c1. The lowest BCUT2D eigenvalue weighted by Gasteiger charge is -2.31. The molecule has 0 aromatic heterocycles. The number of ether oxygens (including phenoxy) is 2. The van der Waals surface area contributed by atoms with Crippen molar-refractivity contribution in [3.8, 4) is 11.5 Å². The smallest absolute Gasteiger partial charge is 0.135 e. The first kappa shape index (κ1) is 32.4. The van der Waals surface area contributed by atoms with Crippen molar-refractivity contribution in [1.29, 1.82) is 0 Å². The van der Waals surface area contributed by atoms with E-state index in [4.69, 9.17) is 9.47 Å². The molecule has 0 radical (unpaired) electrons. The van der Waals surface area contributed by atoms with Crippen LogP contribution in [0.25, 0.3) is 0 Å². The predicted molar refractivity (Wildman–Crippen MR) is 145 cm³/mol. The van der Waals surface area contributed by atoms with E-state index < -0.39 is 24.2 Å². The fourth-order valence-corrected chi connectivity index (χ4v) is 5.32. The van der Waals surface area contributed by atoms with Crippen molar-refractivity contribution in [3.63, 3.8) is 0 Å². The summed E-state index contributed by atoms with van der Waals surface area (Å²) in [6.45, 7) is 12.4. The van der Waals surface area contributed by atoms with Crippen molar-refractivity contribution < 1.29 is 29.6 Å². The predicted octanol–water partition coefficient (Wildman–Crippen LogP) is 5.96. The first-order valence-corrected chi connectivity index (χ1v) is 13.7. The van der Waals surface area contributed by atoms with Crippen molar-refractivity contribution in [2.75, 3.05) is 14.2 Å². The summed E-state index contributed by atoms with van der Waals surface area (Å²) >= 11 is 0. The van der Waals surface area contributed by atoms with Crippen LogP contribution in [-0.4, -0.2) is 47.5 Å². The van der Waals surface area contributed by atoms with Gasteiger partial charge in [0.1, 0.15) is 17.3 Å². The molecule has 0 aliphatic heterocycles. The standard InChI is InChI=1S/C30H52O6/c1-9-28(32)22(6)14-21(5)13-20(4)10-11-24(31)17-29(33)27(12-19(2)3)30(34)23-15-25(35-7)18-26(16-23)36-8/h15-16,18-22,24,27,29-31,33-34H,9-14,17H2,1-8H3/t20-,21-,22-,24-,27-,29-,30+/m0/s1. The second kappa shape index (κ2) is 16.3. The minimum Gasteiger partial charge on any atom is -0.497 e. The molecule has 0 amide bonds. The van der Waals surface area contributed by atoms with Gasteiger partial charge >= 0.3 is 0 Å². The fourth-order valence-electron chi connectivity index (χ4n) is 5.32. The van der Waals surface area contributed by atoms with Gasteiger partial charge in [0, 0.05) is 24.3 Å². The maximum atomic E-state index is 11.9. The normalized spacial score (nSPS) is 17.7. The van der Waals surface area contributed by atoms with Crippen LogP contribution < -0.4 is 9.47 Å². The maximum absolute atomic E-state index is 11.9. The maximum Gasteiger partial charge on any atom is 0.135 e. The van der Waals surface area contributed by atoms with E-state index in [9.17, 15) is 20.1 Å². The summed E-state index contributed by atoms with van der Waals surface area (Å²) in [6.07, 6.45) is 2.43. The monoisotopic (exact) mass is 508 g/mol. The molecule has 0 saturated carbocycles. The largest absolute Gasteiger partial charge is 0.497 e. The Kier molecular flexibility index (Phi) is 14.6. The number of methoxy groups -OCH3 is 2. The zero-order chi connectivity index (χ0) is 27.4. The zero-order valence-electron chi connectivity index (χ0n) is 23.9. The van der Waals surface area contributed by atoms with E-state index in [-0.39, 0.29) is 18.3 Å². The Hall–Kier alpha value is -1.63. The first-order chi connectivity index (χ1) is 16.9. The molecule has 3 N–H and O–H groups in total. The fraction of sp³-hybridized carbons (Fsp3) is 0.767. The van der Waals surface area contributed by atoms with Crippen LogP contribution in [0.3, 0.4) is 0 Å². The molecule has 0 spiro atoms. The third-order valence-electron chi connectivity index (χ3n) is 7.32. The molecular weight excluding hydrogens is 456 g/mol. The van der Waals surface area contributed by atoms with Crippen LogP contribution >= 0.6 is 0 Å². The molecule has 0 heterocycles. The van der Waals surface area contributed by atoms with Crippen molar-refractivity contribution in [2.45, 2.75) is 105 Å². The highest BCUT2D eigenvalue weighted by atomic mass is 16.5. The number of rotatable bonds is 18. The van der Waals surface area contributed by atoms with Gasteiger partial charge in [-0.15, -0.1) is 0 Å². The molecule has 7 atom stereocenters. The van der Waals surface area contributed by atoms with E-state index in [0.717, 1.165) is 19.3 Å². The Balaban J connectivity index is 2.73. The molecule has 1 rings (SSSR count). The van der Waals surface area contributed by atoms with Gasteiger partial charge in [-0.1, -0.05) is 41.5 Å². The number of benzene rings is 1.